The monoisotopic (exact) mass is 521 g/mol. The average molecular weight is 522 g/mol. The van der Waals surface area contributed by atoms with Gasteiger partial charge in [0.05, 0.1) is 17.5 Å². The maximum absolute atomic E-state index is 13.1. The van der Waals surface area contributed by atoms with Crippen LogP contribution in [-0.2, 0) is 4.79 Å². The summed E-state index contributed by atoms with van der Waals surface area (Å²) in [7, 11) is 0. The first-order valence-corrected chi connectivity index (χ1v) is 13.3. The maximum Gasteiger partial charge on any atom is 0.255 e. The number of aromatic nitrogens is 4. The SMILES string of the molecule is C=CC(=O)N1CC2CC1C(n1nc(-c3cccc(C(=O)Nc4ccc(C(C)C)cc4)c3)c3c(N)ncnc31)C2. The van der Waals surface area contributed by atoms with Crippen molar-refractivity contribution in [3.8, 4) is 11.3 Å². The number of nitrogen functional groups attached to an aromatic ring is 1. The van der Waals surface area contributed by atoms with Gasteiger partial charge in [-0.15, -0.1) is 0 Å². The number of rotatable bonds is 6. The largest absolute Gasteiger partial charge is 0.383 e. The van der Waals surface area contributed by atoms with Crippen LogP contribution in [0.1, 0.15) is 54.6 Å². The minimum Gasteiger partial charge on any atom is -0.383 e. The van der Waals surface area contributed by atoms with Gasteiger partial charge in [-0.3, -0.25) is 9.59 Å². The molecule has 3 unspecified atom stereocenters. The predicted molar refractivity (Wildman–Crippen MR) is 151 cm³/mol. The van der Waals surface area contributed by atoms with Gasteiger partial charge in [0.1, 0.15) is 17.8 Å². The number of anilines is 2. The van der Waals surface area contributed by atoms with Crippen LogP contribution in [0.3, 0.4) is 0 Å². The fourth-order valence-corrected chi connectivity index (χ4v) is 6.02. The molecule has 9 heteroatoms. The van der Waals surface area contributed by atoms with Crippen molar-refractivity contribution in [1.29, 1.82) is 0 Å². The first-order chi connectivity index (χ1) is 18.8. The van der Waals surface area contributed by atoms with Crippen LogP contribution in [0.15, 0.2) is 67.5 Å². The molecular weight excluding hydrogens is 490 g/mol. The van der Waals surface area contributed by atoms with Crippen LogP contribution < -0.4 is 11.1 Å². The Morgan fingerprint density at radius 2 is 1.87 bits per heavy atom. The Morgan fingerprint density at radius 1 is 1.10 bits per heavy atom. The minimum atomic E-state index is -0.214. The zero-order valence-corrected chi connectivity index (χ0v) is 22.0. The smallest absolute Gasteiger partial charge is 0.255 e. The van der Waals surface area contributed by atoms with Crippen molar-refractivity contribution in [1.82, 2.24) is 24.6 Å². The molecule has 1 aliphatic heterocycles. The lowest BCUT2D eigenvalue weighted by molar-refractivity contribution is -0.128. The topological polar surface area (TPSA) is 119 Å². The lowest BCUT2D eigenvalue weighted by Crippen LogP contribution is -2.42. The van der Waals surface area contributed by atoms with E-state index in [-0.39, 0.29) is 23.9 Å². The number of carbonyl (C=O) groups is 2. The number of hydrogen-bond acceptors (Lipinski definition) is 6. The number of nitrogens with one attached hydrogen (secondary N) is 1. The van der Waals surface area contributed by atoms with Gasteiger partial charge in [-0.05, 0) is 60.6 Å². The Kier molecular flexibility index (Phi) is 6.13. The Hall–Kier alpha value is -4.53. The Balaban J connectivity index is 1.34. The third-order valence-electron chi connectivity index (χ3n) is 7.97. The van der Waals surface area contributed by atoms with Crippen molar-refractivity contribution in [2.24, 2.45) is 5.92 Å². The summed E-state index contributed by atoms with van der Waals surface area (Å²) < 4.78 is 1.90. The van der Waals surface area contributed by atoms with Crippen molar-refractivity contribution >= 4 is 34.4 Å². The summed E-state index contributed by atoms with van der Waals surface area (Å²) >= 11 is 0. The number of benzene rings is 2. The fourth-order valence-electron chi connectivity index (χ4n) is 6.02. The van der Waals surface area contributed by atoms with Crippen LogP contribution >= 0.6 is 0 Å². The van der Waals surface area contributed by atoms with Crippen LogP contribution in [0, 0.1) is 5.92 Å². The van der Waals surface area contributed by atoms with E-state index >= 15 is 0 Å². The van der Waals surface area contributed by atoms with Gasteiger partial charge >= 0.3 is 0 Å². The fraction of sp³-hybridized carbons (Fsp3) is 0.300. The predicted octanol–water partition coefficient (Wildman–Crippen LogP) is 4.80. The van der Waals surface area contributed by atoms with Crippen molar-refractivity contribution in [2.45, 2.75) is 44.7 Å². The highest BCUT2D eigenvalue weighted by atomic mass is 16.2. The van der Waals surface area contributed by atoms with Crippen LogP contribution in [0.5, 0.6) is 0 Å². The third kappa shape index (κ3) is 4.33. The van der Waals surface area contributed by atoms with E-state index in [0.29, 0.717) is 39.9 Å². The lowest BCUT2D eigenvalue weighted by Gasteiger charge is -2.32. The molecule has 2 bridgehead atoms. The van der Waals surface area contributed by atoms with Gasteiger partial charge in [-0.25, -0.2) is 14.6 Å². The molecule has 39 heavy (non-hydrogen) atoms. The van der Waals surface area contributed by atoms with Crippen molar-refractivity contribution in [2.75, 3.05) is 17.6 Å². The molecule has 3 atom stereocenters. The van der Waals surface area contributed by atoms with Gasteiger partial charge in [-0.2, -0.15) is 5.10 Å². The van der Waals surface area contributed by atoms with Crippen molar-refractivity contribution < 1.29 is 9.59 Å². The first kappa shape index (κ1) is 24.8. The number of amides is 2. The summed E-state index contributed by atoms with van der Waals surface area (Å²) in [6.07, 6.45) is 4.65. The molecule has 198 valence electrons. The van der Waals surface area contributed by atoms with E-state index in [0.717, 1.165) is 30.6 Å². The molecule has 0 radical (unpaired) electrons. The van der Waals surface area contributed by atoms with Gasteiger partial charge in [0.2, 0.25) is 5.91 Å². The van der Waals surface area contributed by atoms with Crippen molar-refractivity contribution in [3.05, 3.63) is 78.6 Å². The molecular formula is C30H31N7O2. The van der Waals surface area contributed by atoms with E-state index in [2.05, 4.69) is 35.7 Å². The van der Waals surface area contributed by atoms with E-state index in [1.165, 1.54) is 18.0 Å². The number of hydrogen-bond donors (Lipinski definition) is 2. The number of carbonyl (C=O) groups excluding carboxylic acids is 2. The van der Waals surface area contributed by atoms with Gasteiger partial charge in [0.15, 0.2) is 5.65 Å². The van der Waals surface area contributed by atoms with E-state index < -0.39 is 0 Å². The van der Waals surface area contributed by atoms with E-state index in [1.807, 2.05) is 52.0 Å². The summed E-state index contributed by atoms with van der Waals surface area (Å²) in [4.78, 5) is 36.3. The molecule has 3 N–H and O–H groups in total. The van der Waals surface area contributed by atoms with Crippen LogP contribution in [0.2, 0.25) is 0 Å². The lowest BCUT2D eigenvalue weighted by atomic mass is 10.0. The molecule has 2 aromatic carbocycles. The quantitative estimate of drug-likeness (QED) is 0.352. The second-order valence-corrected chi connectivity index (χ2v) is 10.7. The van der Waals surface area contributed by atoms with Gasteiger partial charge < -0.3 is 16.0 Å². The second-order valence-electron chi connectivity index (χ2n) is 10.7. The molecule has 6 rings (SSSR count). The van der Waals surface area contributed by atoms with Crippen LogP contribution in [0.25, 0.3) is 22.3 Å². The minimum absolute atomic E-state index is 0.0202. The van der Waals surface area contributed by atoms with E-state index in [9.17, 15) is 9.59 Å². The van der Waals surface area contributed by atoms with E-state index in [1.54, 1.807) is 6.07 Å². The molecule has 9 nitrogen and oxygen atoms in total. The molecule has 1 saturated heterocycles. The Bertz CT molecular complexity index is 1590. The van der Waals surface area contributed by atoms with Crippen LogP contribution in [0.4, 0.5) is 11.5 Å². The molecule has 1 aliphatic carbocycles. The maximum atomic E-state index is 13.1. The third-order valence-corrected chi connectivity index (χ3v) is 7.97. The summed E-state index contributed by atoms with van der Waals surface area (Å²) in [6.45, 7) is 8.68. The molecule has 4 aromatic rings. The zero-order valence-electron chi connectivity index (χ0n) is 22.0. The normalized spacial score (nSPS) is 20.1. The number of nitrogens with zero attached hydrogens (tertiary/aromatic N) is 5. The molecule has 2 amide bonds. The molecule has 2 aliphatic rings. The highest BCUT2D eigenvalue weighted by Crippen LogP contribution is 2.46. The number of nitrogens with two attached hydrogens (primary N) is 1. The number of likely N-dealkylation sites (tertiary alicyclic amines) is 1. The summed E-state index contributed by atoms with van der Waals surface area (Å²) in [5, 5.41) is 8.61. The van der Waals surface area contributed by atoms with Crippen LogP contribution in [-0.4, -0.2) is 49.0 Å². The number of piperidine rings is 1. The van der Waals surface area contributed by atoms with Crippen molar-refractivity contribution in [3.63, 3.8) is 0 Å². The molecule has 0 spiro atoms. The summed E-state index contributed by atoms with van der Waals surface area (Å²) in [5.41, 5.74) is 10.8. The number of fused-ring (bicyclic) bond motifs is 3. The zero-order chi connectivity index (χ0) is 27.3. The average Bonchev–Trinajstić information content (AvgIpc) is 3.66. The highest BCUT2D eigenvalue weighted by Gasteiger charge is 2.48. The molecule has 1 saturated carbocycles. The highest BCUT2D eigenvalue weighted by molar-refractivity contribution is 6.06. The molecule has 2 fully saturated rings. The molecule has 2 aromatic heterocycles. The summed E-state index contributed by atoms with van der Waals surface area (Å²) in [6, 6.07) is 15.2. The Labute approximate surface area is 226 Å². The molecule has 3 heterocycles. The van der Waals surface area contributed by atoms with Gasteiger partial charge in [0.25, 0.3) is 5.91 Å². The summed E-state index contributed by atoms with van der Waals surface area (Å²) in [5.74, 6) is 0.878. The second kappa shape index (κ2) is 9.65. The van der Waals surface area contributed by atoms with Gasteiger partial charge in [-0.1, -0.05) is 44.7 Å². The Morgan fingerprint density at radius 3 is 2.59 bits per heavy atom. The first-order valence-electron chi connectivity index (χ1n) is 13.3. The van der Waals surface area contributed by atoms with E-state index in [4.69, 9.17) is 10.8 Å². The standard InChI is InChI=1S/C30H31N7O2/c1-4-25(38)36-15-18-12-23(36)24(13-18)37-29-26(28(31)32-16-33-29)27(35-37)20-6-5-7-21(14-20)30(39)34-22-10-8-19(9-11-22)17(2)3/h4-11,14,16-18,23-24H,1,12-13,15H2,2-3H3,(H,34,39)(H2,31,32,33). The van der Waals surface area contributed by atoms with Gasteiger partial charge in [0, 0.05) is 23.4 Å².